The van der Waals surface area contributed by atoms with Crippen molar-refractivity contribution >= 4 is 17.5 Å². The molecule has 1 heterocycles. The summed E-state index contributed by atoms with van der Waals surface area (Å²) in [5.41, 5.74) is 0.981. The lowest BCUT2D eigenvalue weighted by Crippen LogP contribution is -2.35. The summed E-state index contributed by atoms with van der Waals surface area (Å²) >= 11 is 5.97. The van der Waals surface area contributed by atoms with Crippen LogP contribution in [0.5, 0.6) is 5.75 Å². The molecular formula is C19H23ClN2O3. The molecule has 0 saturated heterocycles. The molecule has 1 amide bonds. The highest BCUT2D eigenvalue weighted by molar-refractivity contribution is 6.30. The Morgan fingerprint density at radius 1 is 1.32 bits per heavy atom. The maximum atomic E-state index is 12.6. The van der Waals surface area contributed by atoms with E-state index in [2.05, 4.69) is 10.5 Å². The van der Waals surface area contributed by atoms with Crippen LogP contribution < -0.4 is 10.1 Å². The fourth-order valence-electron chi connectivity index (χ4n) is 3.13. The minimum absolute atomic E-state index is 0.187. The largest absolute Gasteiger partial charge is 0.489 e. The lowest BCUT2D eigenvalue weighted by molar-refractivity contribution is 0.0922. The zero-order valence-corrected chi connectivity index (χ0v) is 15.1. The molecule has 1 fully saturated rings. The van der Waals surface area contributed by atoms with Crippen molar-refractivity contribution in [2.75, 3.05) is 0 Å². The van der Waals surface area contributed by atoms with E-state index in [4.69, 9.17) is 20.9 Å². The number of aromatic nitrogens is 1. The summed E-state index contributed by atoms with van der Waals surface area (Å²) in [6, 6.07) is 7.37. The van der Waals surface area contributed by atoms with Gasteiger partial charge in [-0.05, 0) is 38.0 Å². The number of nitrogens with one attached hydrogen (secondary N) is 1. The number of rotatable bonds is 5. The van der Waals surface area contributed by atoms with Gasteiger partial charge in [-0.2, -0.15) is 0 Å². The van der Waals surface area contributed by atoms with E-state index in [1.165, 1.54) is 12.8 Å². The molecule has 1 aliphatic carbocycles. The molecule has 0 atom stereocenters. The first-order valence-electron chi connectivity index (χ1n) is 8.78. The Morgan fingerprint density at radius 2 is 2.08 bits per heavy atom. The molecule has 1 N–H and O–H groups in total. The quantitative estimate of drug-likeness (QED) is 0.785. The molecule has 25 heavy (non-hydrogen) atoms. The summed E-state index contributed by atoms with van der Waals surface area (Å²) in [5, 5.41) is 7.64. The summed E-state index contributed by atoms with van der Waals surface area (Å²) in [7, 11) is 0. The number of aryl methyl sites for hydroxylation is 1. The molecule has 2 aromatic rings. The summed E-state index contributed by atoms with van der Waals surface area (Å²) in [4.78, 5) is 12.6. The summed E-state index contributed by atoms with van der Waals surface area (Å²) in [5.74, 6) is 1.05. The van der Waals surface area contributed by atoms with E-state index >= 15 is 0 Å². The number of carbonyl (C=O) groups excluding carboxylic acids is 1. The lowest BCUT2D eigenvalue weighted by atomic mass is 10.1. The van der Waals surface area contributed by atoms with E-state index < -0.39 is 0 Å². The third kappa shape index (κ3) is 4.75. The van der Waals surface area contributed by atoms with E-state index in [0.29, 0.717) is 27.8 Å². The van der Waals surface area contributed by atoms with Crippen LogP contribution in [0.3, 0.4) is 0 Å². The second-order valence-corrected chi connectivity index (χ2v) is 6.91. The average Bonchev–Trinajstić information content (AvgIpc) is 2.79. The second kappa shape index (κ2) is 8.39. The van der Waals surface area contributed by atoms with Gasteiger partial charge in [-0.3, -0.25) is 4.79 Å². The molecule has 3 rings (SSSR count). The number of hydrogen-bond donors (Lipinski definition) is 1. The maximum Gasteiger partial charge on any atom is 0.274 e. The maximum absolute atomic E-state index is 12.6. The Balaban J connectivity index is 1.66. The highest BCUT2D eigenvalue weighted by Gasteiger charge is 2.23. The number of hydrogen-bond acceptors (Lipinski definition) is 4. The Labute approximate surface area is 152 Å². The van der Waals surface area contributed by atoms with Crippen LogP contribution in [0, 0.1) is 6.92 Å². The van der Waals surface area contributed by atoms with Gasteiger partial charge in [0.05, 0.1) is 5.56 Å². The van der Waals surface area contributed by atoms with Gasteiger partial charge in [0.2, 0.25) is 0 Å². The van der Waals surface area contributed by atoms with Crippen molar-refractivity contribution in [2.45, 2.75) is 58.1 Å². The predicted molar refractivity (Wildman–Crippen MR) is 96.0 cm³/mol. The molecule has 5 nitrogen and oxygen atoms in total. The molecule has 0 spiro atoms. The average molecular weight is 363 g/mol. The number of nitrogens with zero attached hydrogens (tertiary/aromatic N) is 1. The van der Waals surface area contributed by atoms with Crippen LogP contribution in [0.2, 0.25) is 5.02 Å². The van der Waals surface area contributed by atoms with Crippen molar-refractivity contribution in [1.82, 2.24) is 10.5 Å². The van der Waals surface area contributed by atoms with Crippen molar-refractivity contribution in [2.24, 2.45) is 0 Å². The first kappa shape index (κ1) is 17.8. The molecule has 1 aromatic heterocycles. The SMILES string of the molecule is Cc1onc(C(=O)NC2CCCCCC2)c1COc1cccc(Cl)c1. The molecular weight excluding hydrogens is 340 g/mol. The summed E-state index contributed by atoms with van der Waals surface area (Å²) in [6.07, 6.45) is 6.86. The molecule has 1 aromatic carbocycles. The number of carbonyl (C=O) groups is 1. The minimum Gasteiger partial charge on any atom is -0.489 e. The standard InChI is InChI=1S/C19H23ClN2O3/c1-13-17(12-24-16-10-6-7-14(20)11-16)18(22-25-13)19(23)21-15-8-4-2-3-5-9-15/h6-7,10-11,15H,2-5,8-9,12H2,1H3,(H,21,23). The Kier molecular flexibility index (Phi) is 5.97. The molecule has 0 unspecified atom stereocenters. The molecule has 0 radical (unpaired) electrons. The molecule has 1 saturated carbocycles. The molecule has 134 valence electrons. The number of ether oxygens (including phenoxy) is 1. The molecule has 1 aliphatic rings. The highest BCUT2D eigenvalue weighted by atomic mass is 35.5. The zero-order chi connectivity index (χ0) is 17.6. The van der Waals surface area contributed by atoms with E-state index in [0.717, 1.165) is 25.7 Å². The van der Waals surface area contributed by atoms with Gasteiger partial charge in [-0.25, -0.2) is 0 Å². The van der Waals surface area contributed by atoms with Crippen molar-refractivity contribution in [3.05, 3.63) is 46.3 Å². The van der Waals surface area contributed by atoms with Crippen LogP contribution in [0.25, 0.3) is 0 Å². The van der Waals surface area contributed by atoms with Gasteiger partial charge < -0.3 is 14.6 Å². The van der Waals surface area contributed by atoms with Crippen molar-refractivity contribution in [3.63, 3.8) is 0 Å². The highest BCUT2D eigenvalue weighted by Crippen LogP contribution is 2.22. The van der Waals surface area contributed by atoms with Crippen molar-refractivity contribution < 1.29 is 14.1 Å². The molecule has 6 heteroatoms. The van der Waals surface area contributed by atoms with E-state index in [1.807, 2.05) is 12.1 Å². The lowest BCUT2D eigenvalue weighted by Gasteiger charge is -2.15. The van der Waals surface area contributed by atoms with E-state index in [-0.39, 0.29) is 18.6 Å². The van der Waals surface area contributed by atoms with Crippen LogP contribution in [0.4, 0.5) is 0 Å². The van der Waals surface area contributed by atoms with Gasteiger partial charge in [0.25, 0.3) is 5.91 Å². The van der Waals surface area contributed by atoms with Gasteiger partial charge in [0, 0.05) is 11.1 Å². The Morgan fingerprint density at radius 3 is 2.80 bits per heavy atom. The Bertz CT molecular complexity index is 721. The monoisotopic (exact) mass is 362 g/mol. The van der Waals surface area contributed by atoms with Crippen LogP contribution in [-0.2, 0) is 6.61 Å². The van der Waals surface area contributed by atoms with E-state index in [9.17, 15) is 4.79 Å². The van der Waals surface area contributed by atoms with Crippen LogP contribution in [0.1, 0.15) is 60.3 Å². The van der Waals surface area contributed by atoms with Gasteiger partial charge in [-0.1, -0.05) is 48.5 Å². The normalized spacial score (nSPS) is 15.6. The third-order valence-corrected chi connectivity index (χ3v) is 4.80. The second-order valence-electron chi connectivity index (χ2n) is 6.47. The smallest absolute Gasteiger partial charge is 0.274 e. The van der Waals surface area contributed by atoms with Crippen LogP contribution in [0.15, 0.2) is 28.8 Å². The molecule has 0 bridgehead atoms. The van der Waals surface area contributed by atoms with E-state index in [1.54, 1.807) is 19.1 Å². The number of amides is 1. The van der Waals surface area contributed by atoms with Crippen LogP contribution in [-0.4, -0.2) is 17.1 Å². The topological polar surface area (TPSA) is 64.4 Å². The van der Waals surface area contributed by atoms with Gasteiger partial charge >= 0.3 is 0 Å². The van der Waals surface area contributed by atoms with Gasteiger partial charge in [0.1, 0.15) is 18.1 Å². The number of halogens is 1. The Hall–Kier alpha value is -2.01. The third-order valence-electron chi connectivity index (χ3n) is 4.57. The first-order valence-corrected chi connectivity index (χ1v) is 9.15. The minimum atomic E-state index is -0.187. The van der Waals surface area contributed by atoms with Crippen molar-refractivity contribution in [1.29, 1.82) is 0 Å². The van der Waals surface area contributed by atoms with Crippen LogP contribution >= 0.6 is 11.6 Å². The fourth-order valence-corrected chi connectivity index (χ4v) is 3.31. The fraction of sp³-hybridized carbons (Fsp3) is 0.474. The van der Waals surface area contributed by atoms with Gasteiger partial charge in [0.15, 0.2) is 5.69 Å². The summed E-state index contributed by atoms with van der Waals surface area (Å²) < 4.78 is 11.0. The van der Waals surface area contributed by atoms with Crippen molar-refractivity contribution in [3.8, 4) is 5.75 Å². The first-order chi connectivity index (χ1) is 12.1. The molecule has 0 aliphatic heterocycles. The van der Waals surface area contributed by atoms with Gasteiger partial charge in [-0.15, -0.1) is 0 Å². The summed E-state index contributed by atoms with van der Waals surface area (Å²) in [6.45, 7) is 2.00. The predicted octanol–water partition coefficient (Wildman–Crippen LogP) is 4.67. The number of benzene rings is 1. The zero-order valence-electron chi connectivity index (χ0n) is 14.4.